The van der Waals surface area contributed by atoms with E-state index >= 15 is 0 Å². The van der Waals surface area contributed by atoms with E-state index < -0.39 is 10.8 Å². The van der Waals surface area contributed by atoms with E-state index in [1.54, 1.807) is 19.1 Å². The van der Waals surface area contributed by atoms with Crippen LogP contribution in [0.25, 0.3) is 0 Å². The standard InChI is InChI=1S/C13H14N4O3S/c1-7(2)12-15-16-13(21-12)14-11(18)9-6-4-5-8(3)10(9)17(19)20/h4-7H,1-3H3,(H,14,16,18). The Bertz CT molecular complexity index is 696. The quantitative estimate of drug-likeness (QED) is 0.691. The number of anilines is 1. The monoisotopic (exact) mass is 306 g/mol. The number of nitrogens with zero attached hydrogens (tertiary/aromatic N) is 3. The van der Waals surface area contributed by atoms with E-state index in [1.165, 1.54) is 17.4 Å². The highest BCUT2D eigenvalue weighted by Gasteiger charge is 2.23. The number of aryl methyl sites for hydroxylation is 1. The molecule has 1 heterocycles. The Labute approximate surface area is 125 Å². The first-order valence-electron chi connectivity index (χ1n) is 6.29. The van der Waals surface area contributed by atoms with Crippen LogP contribution in [0.1, 0.15) is 40.7 Å². The summed E-state index contributed by atoms with van der Waals surface area (Å²) in [6, 6.07) is 4.62. The Morgan fingerprint density at radius 1 is 1.38 bits per heavy atom. The van der Waals surface area contributed by atoms with Gasteiger partial charge < -0.3 is 0 Å². The summed E-state index contributed by atoms with van der Waals surface area (Å²) in [7, 11) is 0. The van der Waals surface area contributed by atoms with Gasteiger partial charge in [-0.2, -0.15) is 0 Å². The summed E-state index contributed by atoms with van der Waals surface area (Å²) in [5, 5.41) is 22.6. The topological polar surface area (TPSA) is 98.0 Å². The predicted molar refractivity (Wildman–Crippen MR) is 79.8 cm³/mol. The van der Waals surface area contributed by atoms with Gasteiger partial charge in [0.05, 0.1) is 4.92 Å². The third-order valence-electron chi connectivity index (χ3n) is 2.82. The molecule has 7 nitrogen and oxygen atoms in total. The highest BCUT2D eigenvalue weighted by Crippen LogP contribution is 2.26. The molecule has 0 bridgehead atoms. The molecular formula is C13H14N4O3S. The molecule has 0 unspecified atom stereocenters. The molecule has 0 atom stereocenters. The Morgan fingerprint density at radius 3 is 2.67 bits per heavy atom. The number of carbonyl (C=O) groups excluding carboxylic acids is 1. The van der Waals surface area contributed by atoms with Gasteiger partial charge >= 0.3 is 0 Å². The van der Waals surface area contributed by atoms with Crippen molar-refractivity contribution >= 4 is 28.1 Å². The van der Waals surface area contributed by atoms with Crippen LogP contribution in [0.2, 0.25) is 0 Å². The van der Waals surface area contributed by atoms with E-state index in [1.807, 2.05) is 13.8 Å². The number of aromatic nitrogens is 2. The summed E-state index contributed by atoms with van der Waals surface area (Å²) in [4.78, 5) is 22.7. The number of para-hydroxylation sites is 1. The summed E-state index contributed by atoms with van der Waals surface area (Å²) in [5.74, 6) is -0.349. The van der Waals surface area contributed by atoms with Crippen LogP contribution in [-0.4, -0.2) is 21.0 Å². The van der Waals surface area contributed by atoms with E-state index in [0.29, 0.717) is 10.7 Å². The molecule has 110 valence electrons. The fourth-order valence-corrected chi connectivity index (χ4v) is 2.51. The second-order valence-electron chi connectivity index (χ2n) is 4.78. The number of nitro groups is 1. The minimum Gasteiger partial charge on any atom is -0.296 e. The van der Waals surface area contributed by atoms with Gasteiger partial charge in [-0.3, -0.25) is 20.2 Å². The molecule has 0 saturated heterocycles. The third kappa shape index (κ3) is 3.22. The maximum Gasteiger partial charge on any atom is 0.285 e. The Kier molecular flexibility index (Phi) is 4.27. The van der Waals surface area contributed by atoms with Crippen LogP contribution >= 0.6 is 11.3 Å². The van der Waals surface area contributed by atoms with E-state index in [2.05, 4.69) is 15.5 Å². The second kappa shape index (κ2) is 5.96. The van der Waals surface area contributed by atoms with Crippen LogP contribution in [0.15, 0.2) is 18.2 Å². The average Bonchev–Trinajstić information content (AvgIpc) is 2.86. The summed E-state index contributed by atoms with van der Waals surface area (Å²) in [6.45, 7) is 5.53. The Morgan fingerprint density at radius 2 is 2.10 bits per heavy atom. The summed E-state index contributed by atoms with van der Waals surface area (Å²) < 4.78 is 0. The summed E-state index contributed by atoms with van der Waals surface area (Å²) in [5.41, 5.74) is 0.262. The summed E-state index contributed by atoms with van der Waals surface area (Å²) >= 11 is 1.26. The smallest absolute Gasteiger partial charge is 0.285 e. The van der Waals surface area contributed by atoms with Crippen LogP contribution in [0.4, 0.5) is 10.8 Å². The third-order valence-corrected chi connectivity index (χ3v) is 3.96. The van der Waals surface area contributed by atoms with E-state index in [0.717, 1.165) is 5.01 Å². The number of amides is 1. The van der Waals surface area contributed by atoms with Crippen molar-refractivity contribution in [2.75, 3.05) is 5.32 Å². The zero-order valence-electron chi connectivity index (χ0n) is 11.8. The first-order chi connectivity index (χ1) is 9.90. The fraction of sp³-hybridized carbons (Fsp3) is 0.308. The van der Waals surface area contributed by atoms with Crippen molar-refractivity contribution in [2.45, 2.75) is 26.7 Å². The lowest BCUT2D eigenvalue weighted by molar-refractivity contribution is -0.385. The van der Waals surface area contributed by atoms with Gasteiger partial charge in [-0.1, -0.05) is 37.3 Å². The molecule has 0 spiro atoms. The Balaban J connectivity index is 2.28. The molecular weight excluding hydrogens is 292 g/mol. The minimum atomic E-state index is -0.558. The van der Waals surface area contributed by atoms with Gasteiger partial charge in [0.2, 0.25) is 5.13 Å². The molecule has 0 fully saturated rings. The maximum atomic E-state index is 12.2. The highest BCUT2D eigenvalue weighted by atomic mass is 32.1. The minimum absolute atomic E-state index is 0.0151. The molecule has 1 amide bonds. The SMILES string of the molecule is Cc1cccc(C(=O)Nc2nnc(C(C)C)s2)c1[N+](=O)[O-]. The van der Waals surface area contributed by atoms with Crippen molar-refractivity contribution in [1.82, 2.24) is 10.2 Å². The molecule has 0 aliphatic carbocycles. The number of carbonyl (C=O) groups is 1. The lowest BCUT2D eigenvalue weighted by Crippen LogP contribution is -2.14. The molecule has 2 aromatic rings. The number of nitro benzene ring substituents is 1. The van der Waals surface area contributed by atoms with Crippen LogP contribution in [0.3, 0.4) is 0 Å². The van der Waals surface area contributed by atoms with Crippen molar-refractivity contribution in [1.29, 1.82) is 0 Å². The van der Waals surface area contributed by atoms with Crippen LogP contribution in [-0.2, 0) is 0 Å². The fourth-order valence-electron chi connectivity index (χ4n) is 1.77. The van der Waals surface area contributed by atoms with Crippen LogP contribution in [0.5, 0.6) is 0 Å². The molecule has 2 rings (SSSR count). The van der Waals surface area contributed by atoms with Crippen molar-refractivity contribution in [2.24, 2.45) is 0 Å². The molecule has 0 radical (unpaired) electrons. The van der Waals surface area contributed by atoms with Gasteiger partial charge in [0, 0.05) is 11.5 Å². The first kappa shape index (κ1) is 15.0. The van der Waals surface area contributed by atoms with Gasteiger partial charge in [-0.25, -0.2) is 0 Å². The van der Waals surface area contributed by atoms with Gasteiger partial charge in [-0.15, -0.1) is 10.2 Å². The lowest BCUT2D eigenvalue weighted by Gasteiger charge is -2.04. The largest absolute Gasteiger partial charge is 0.296 e. The van der Waals surface area contributed by atoms with Gasteiger partial charge in [0.25, 0.3) is 11.6 Å². The maximum absolute atomic E-state index is 12.2. The number of hydrogen-bond acceptors (Lipinski definition) is 6. The molecule has 8 heteroatoms. The van der Waals surface area contributed by atoms with Crippen LogP contribution in [0, 0.1) is 17.0 Å². The van der Waals surface area contributed by atoms with E-state index in [-0.39, 0.29) is 17.2 Å². The number of rotatable bonds is 4. The molecule has 0 aliphatic rings. The zero-order valence-corrected chi connectivity index (χ0v) is 12.6. The molecule has 0 aliphatic heterocycles. The molecule has 21 heavy (non-hydrogen) atoms. The van der Waals surface area contributed by atoms with E-state index in [4.69, 9.17) is 0 Å². The molecule has 1 N–H and O–H groups in total. The van der Waals surface area contributed by atoms with Crippen LogP contribution < -0.4 is 5.32 Å². The van der Waals surface area contributed by atoms with Crippen molar-refractivity contribution < 1.29 is 9.72 Å². The number of nitrogens with one attached hydrogen (secondary N) is 1. The van der Waals surface area contributed by atoms with Gasteiger partial charge in [-0.05, 0) is 13.0 Å². The molecule has 1 aromatic heterocycles. The van der Waals surface area contributed by atoms with Crippen molar-refractivity contribution in [3.05, 3.63) is 44.4 Å². The molecule has 1 aromatic carbocycles. The number of hydrogen-bond donors (Lipinski definition) is 1. The predicted octanol–water partition coefficient (Wildman–Crippen LogP) is 3.13. The Hall–Kier alpha value is -2.35. The van der Waals surface area contributed by atoms with Gasteiger partial charge in [0.15, 0.2) is 0 Å². The van der Waals surface area contributed by atoms with E-state index in [9.17, 15) is 14.9 Å². The number of benzene rings is 1. The lowest BCUT2D eigenvalue weighted by atomic mass is 10.1. The second-order valence-corrected chi connectivity index (χ2v) is 5.79. The zero-order chi connectivity index (χ0) is 15.6. The molecule has 0 saturated carbocycles. The van der Waals surface area contributed by atoms with Gasteiger partial charge in [0.1, 0.15) is 10.6 Å². The normalized spacial score (nSPS) is 10.7. The highest BCUT2D eigenvalue weighted by molar-refractivity contribution is 7.15. The van der Waals surface area contributed by atoms with Crippen molar-refractivity contribution in [3.8, 4) is 0 Å². The average molecular weight is 306 g/mol. The summed E-state index contributed by atoms with van der Waals surface area (Å²) in [6.07, 6.45) is 0. The first-order valence-corrected chi connectivity index (χ1v) is 7.10. The van der Waals surface area contributed by atoms with Crippen molar-refractivity contribution in [3.63, 3.8) is 0 Å².